The van der Waals surface area contributed by atoms with E-state index in [-0.39, 0.29) is 18.7 Å². The summed E-state index contributed by atoms with van der Waals surface area (Å²) in [5, 5.41) is 3.14. The predicted octanol–water partition coefficient (Wildman–Crippen LogP) is 2.33. The summed E-state index contributed by atoms with van der Waals surface area (Å²) in [6.45, 7) is 7.28. The number of nitrogens with zero attached hydrogens (tertiary/aromatic N) is 1. The number of hydrogen-bond donors (Lipinski definition) is 1. The lowest BCUT2D eigenvalue weighted by atomic mass is 10.1. The van der Waals surface area contributed by atoms with Crippen molar-refractivity contribution < 1.29 is 19.1 Å². The van der Waals surface area contributed by atoms with E-state index in [1.165, 1.54) is 0 Å². The maximum absolute atomic E-state index is 12.2. The highest BCUT2D eigenvalue weighted by atomic mass is 16.6. The smallest absolute Gasteiger partial charge is 0.410 e. The second-order valence-corrected chi connectivity index (χ2v) is 6.86. The highest BCUT2D eigenvalue weighted by Crippen LogP contribution is 2.12. The first-order chi connectivity index (χ1) is 11.3. The van der Waals surface area contributed by atoms with E-state index < -0.39 is 11.6 Å². The fourth-order valence-electron chi connectivity index (χ4n) is 2.44. The molecule has 0 radical (unpaired) electrons. The summed E-state index contributed by atoms with van der Waals surface area (Å²) in [6, 6.07) is 9.17. The molecule has 1 unspecified atom stereocenters. The van der Waals surface area contributed by atoms with Crippen LogP contribution in [0.2, 0.25) is 0 Å². The first-order valence-corrected chi connectivity index (χ1v) is 8.27. The van der Waals surface area contributed by atoms with Crippen LogP contribution in [0.4, 0.5) is 4.79 Å². The van der Waals surface area contributed by atoms with Crippen molar-refractivity contribution in [2.75, 3.05) is 19.6 Å². The molecule has 1 aromatic carbocycles. The Balaban J connectivity index is 1.81. The number of ether oxygens (including phenoxy) is 2. The van der Waals surface area contributed by atoms with Crippen LogP contribution in [0, 0.1) is 0 Å². The zero-order valence-electron chi connectivity index (χ0n) is 14.6. The lowest BCUT2D eigenvalue weighted by Gasteiger charge is -2.23. The number of rotatable bonds is 3. The van der Waals surface area contributed by atoms with Crippen molar-refractivity contribution in [3.63, 3.8) is 0 Å². The van der Waals surface area contributed by atoms with Crippen molar-refractivity contribution in [1.29, 1.82) is 0 Å². The van der Waals surface area contributed by atoms with Crippen LogP contribution in [0.15, 0.2) is 30.3 Å². The molecule has 1 saturated heterocycles. The van der Waals surface area contributed by atoms with Crippen LogP contribution in [-0.2, 0) is 20.9 Å². The molecule has 0 aromatic heterocycles. The Kier molecular flexibility index (Phi) is 6.20. The molecule has 6 heteroatoms. The fourth-order valence-corrected chi connectivity index (χ4v) is 2.44. The lowest BCUT2D eigenvalue weighted by molar-refractivity contribution is -0.157. The van der Waals surface area contributed by atoms with Crippen molar-refractivity contribution in [2.45, 2.75) is 45.4 Å². The number of hydrogen-bond acceptors (Lipinski definition) is 5. The van der Waals surface area contributed by atoms with Crippen LogP contribution in [0.25, 0.3) is 0 Å². The van der Waals surface area contributed by atoms with Crippen molar-refractivity contribution >= 4 is 12.1 Å². The fraction of sp³-hybridized carbons (Fsp3) is 0.556. The van der Waals surface area contributed by atoms with Crippen LogP contribution >= 0.6 is 0 Å². The van der Waals surface area contributed by atoms with Gasteiger partial charge in [0.1, 0.15) is 18.2 Å². The van der Waals surface area contributed by atoms with E-state index in [9.17, 15) is 9.59 Å². The summed E-state index contributed by atoms with van der Waals surface area (Å²) in [4.78, 5) is 25.9. The van der Waals surface area contributed by atoms with Crippen LogP contribution in [0.5, 0.6) is 0 Å². The minimum atomic E-state index is -0.515. The molecule has 1 aromatic rings. The zero-order valence-corrected chi connectivity index (χ0v) is 14.6. The molecule has 6 nitrogen and oxygen atoms in total. The molecule has 0 spiro atoms. The van der Waals surface area contributed by atoms with Gasteiger partial charge in [0.15, 0.2) is 0 Å². The SMILES string of the molecule is CC(C)(C)OC(=O)C1CCN(C(=O)OCc2ccccc2)CCN1. The number of benzene rings is 1. The molecule has 24 heavy (non-hydrogen) atoms. The van der Waals surface area contributed by atoms with Gasteiger partial charge in [0.05, 0.1) is 0 Å². The lowest BCUT2D eigenvalue weighted by Crippen LogP contribution is -2.41. The number of nitrogens with one attached hydrogen (secondary N) is 1. The quantitative estimate of drug-likeness (QED) is 0.859. The molecular formula is C18H26N2O4. The summed E-state index contributed by atoms with van der Waals surface area (Å²) in [5.74, 6) is -0.276. The van der Waals surface area contributed by atoms with Gasteiger partial charge in [-0.1, -0.05) is 30.3 Å². The van der Waals surface area contributed by atoms with E-state index in [1.807, 2.05) is 51.1 Å². The average molecular weight is 334 g/mol. The number of carbonyl (C=O) groups excluding carboxylic acids is 2. The summed E-state index contributed by atoms with van der Waals surface area (Å²) in [5.41, 5.74) is 0.435. The minimum Gasteiger partial charge on any atom is -0.459 e. The highest BCUT2D eigenvalue weighted by molar-refractivity contribution is 5.76. The summed E-state index contributed by atoms with van der Waals surface area (Å²) in [6.07, 6.45) is 0.153. The van der Waals surface area contributed by atoms with Gasteiger partial charge in [-0.25, -0.2) is 4.79 Å². The van der Waals surface area contributed by atoms with E-state index >= 15 is 0 Å². The maximum atomic E-state index is 12.2. The van der Waals surface area contributed by atoms with Gasteiger partial charge < -0.3 is 19.7 Å². The van der Waals surface area contributed by atoms with Gasteiger partial charge in [-0.15, -0.1) is 0 Å². The Morgan fingerprint density at radius 1 is 1.21 bits per heavy atom. The molecule has 1 N–H and O–H groups in total. The molecule has 132 valence electrons. The van der Waals surface area contributed by atoms with Gasteiger partial charge in [0.25, 0.3) is 0 Å². The normalized spacial score (nSPS) is 18.6. The Bertz CT molecular complexity index is 554. The van der Waals surface area contributed by atoms with Crippen molar-refractivity contribution in [3.05, 3.63) is 35.9 Å². The van der Waals surface area contributed by atoms with Crippen molar-refractivity contribution in [2.24, 2.45) is 0 Å². The number of esters is 1. The Hall–Kier alpha value is -2.08. The van der Waals surface area contributed by atoms with Gasteiger partial charge in [0, 0.05) is 19.6 Å². The topological polar surface area (TPSA) is 67.9 Å². The van der Waals surface area contributed by atoms with Gasteiger partial charge in [-0.2, -0.15) is 0 Å². The second kappa shape index (κ2) is 8.15. The van der Waals surface area contributed by atoms with Crippen LogP contribution in [-0.4, -0.2) is 48.2 Å². The van der Waals surface area contributed by atoms with Crippen molar-refractivity contribution in [1.82, 2.24) is 10.2 Å². The first-order valence-electron chi connectivity index (χ1n) is 8.27. The predicted molar refractivity (Wildman–Crippen MR) is 90.5 cm³/mol. The van der Waals surface area contributed by atoms with E-state index in [4.69, 9.17) is 9.47 Å². The molecule has 0 saturated carbocycles. The van der Waals surface area contributed by atoms with E-state index in [0.717, 1.165) is 5.56 Å². The molecule has 0 aliphatic carbocycles. The zero-order chi connectivity index (χ0) is 17.6. The van der Waals surface area contributed by atoms with Crippen LogP contribution in [0.1, 0.15) is 32.8 Å². The first kappa shape index (κ1) is 18.3. The maximum Gasteiger partial charge on any atom is 0.410 e. The number of amides is 1. The standard InChI is InChI=1S/C18H26N2O4/c1-18(2,3)24-16(21)15-9-11-20(12-10-19-15)17(22)23-13-14-7-5-4-6-8-14/h4-8,15,19H,9-13H2,1-3H3. The molecule has 2 rings (SSSR count). The van der Waals surface area contributed by atoms with Gasteiger partial charge in [0.2, 0.25) is 0 Å². The van der Waals surface area contributed by atoms with E-state index in [0.29, 0.717) is 26.1 Å². The molecule has 0 bridgehead atoms. The Labute approximate surface area is 143 Å². The van der Waals surface area contributed by atoms with Crippen LogP contribution < -0.4 is 5.32 Å². The van der Waals surface area contributed by atoms with Gasteiger partial charge in [-0.05, 0) is 32.8 Å². The summed E-state index contributed by atoms with van der Waals surface area (Å²) in [7, 11) is 0. The van der Waals surface area contributed by atoms with Gasteiger partial charge >= 0.3 is 12.1 Å². The molecule has 1 aliphatic rings. The molecule has 1 aliphatic heterocycles. The van der Waals surface area contributed by atoms with Crippen LogP contribution in [0.3, 0.4) is 0 Å². The molecule has 1 atom stereocenters. The largest absolute Gasteiger partial charge is 0.459 e. The summed E-state index contributed by atoms with van der Waals surface area (Å²) >= 11 is 0. The van der Waals surface area contributed by atoms with E-state index in [1.54, 1.807) is 4.90 Å². The van der Waals surface area contributed by atoms with Gasteiger partial charge in [-0.3, -0.25) is 4.79 Å². The Morgan fingerprint density at radius 3 is 2.58 bits per heavy atom. The molecular weight excluding hydrogens is 308 g/mol. The third-order valence-electron chi connectivity index (χ3n) is 3.61. The Morgan fingerprint density at radius 2 is 1.92 bits per heavy atom. The third-order valence-corrected chi connectivity index (χ3v) is 3.61. The molecule has 1 heterocycles. The monoisotopic (exact) mass is 334 g/mol. The molecule has 1 fully saturated rings. The minimum absolute atomic E-state index is 0.249. The molecule has 1 amide bonds. The second-order valence-electron chi connectivity index (χ2n) is 6.86. The third kappa shape index (κ3) is 5.85. The number of carbonyl (C=O) groups is 2. The van der Waals surface area contributed by atoms with Crippen molar-refractivity contribution in [3.8, 4) is 0 Å². The highest BCUT2D eigenvalue weighted by Gasteiger charge is 2.28. The summed E-state index contributed by atoms with van der Waals surface area (Å²) < 4.78 is 10.7. The van der Waals surface area contributed by atoms with E-state index in [2.05, 4.69) is 5.32 Å². The average Bonchev–Trinajstić information content (AvgIpc) is 2.78.